The molecule has 0 radical (unpaired) electrons. The van der Waals surface area contributed by atoms with Crippen LogP contribution in [0.15, 0.2) is 30.5 Å². The van der Waals surface area contributed by atoms with Crippen molar-refractivity contribution in [1.82, 2.24) is 4.57 Å². The normalized spacial score (nSPS) is 11.3. The summed E-state index contributed by atoms with van der Waals surface area (Å²) in [5.74, 6) is -0.209. The van der Waals surface area contributed by atoms with Gasteiger partial charge in [0.1, 0.15) is 5.82 Å². The van der Waals surface area contributed by atoms with Gasteiger partial charge in [-0.1, -0.05) is 0 Å². The lowest BCUT2D eigenvalue weighted by Gasteiger charge is -2.07. The minimum absolute atomic E-state index is 0.209. The number of halogens is 1. The molecule has 5 heteroatoms. The summed E-state index contributed by atoms with van der Waals surface area (Å²) in [6.45, 7) is 3.68. The first-order valence-corrected chi connectivity index (χ1v) is 6.70. The van der Waals surface area contributed by atoms with Crippen LogP contribution in [0.4, 0.5) is 4.39 Å². The summed E-state index contributed by atoms with van der Waals surface area (Å²) >= 11 is 0. The molecule has 0 aliphatic heterocycles. The van der Waals surface area contributed by atoms with Gasteiger partial charge in [0.25, 0.3) is 0 Å². The second-order valence-corrected chi connectivity index (χ2v) is 4.43. The van der Waals surface area contributed by atoms with Gasteiger partial charge in [-0.05, 0) is 24.3 Å². The van der Waals surface area contributed by atoms with Gasteiger partial charge in [0.2, 0.25) is 0 Å². The van der Waals surface area contributed by atoms with E-state index in [2.05, 4.69) is 4.57 Å². The molecule has 0 saturated heterocycles. The Morgan fingerprint density at radius 3 is 2.55 bits per heavy atom. The Bertz CT molecular complexity index is 527. The predicted octanol–water partition coefficient (Wildman–Crippen LogP) is 2.46. The average Bonchev–Trinajstić information content (AvgIpc) is 2.84. The fraction of sp³-hybridized carbons (Fsp3) is 0.467. The molecule has 0 N–H and O–H groups in total. The molecule has 110 valence electrons. The highest BCUT2D eigenvalue weighted by Gasteiger charge is 2.01. The Morgan fingerprint density at radius 2 is 1.75 bits per heavy atom. The van der Waals surface area contributed by atoms with Gasteiger partial charge in [-0.15, -0.1) is 0 Å². The summed E-state index contributed by atoms with van der Waals surface area (Å²) in [6.07, 6.45) is 1.95. The van der Waals surface area contributed by atoms with Crippen LogP contribution in [0.5, 0.6) is 0 Å². The number of rotatable bonds is 9. The molecular formula is C15H20FNO3. The minimum Gasteiger partial charge on any atom is -0.382 e. The first-order chi connectivity index (χ1) is 9.81. The van der Waals surface area contributed by atoms with E-state index in [-0.39, 0.29) is 5.82 Å². The van der Waals surface area contributed by atoms with E-state index < -0.39 is 0 Å². The van der Waals surface area contributed by atoms with E-state index in [1.807, 2.05) is 12.3 Å². The highest BCUT2D eigenvalue weighted by atomic mass is 19.1. The van der Waals surface area contributed by atoms with Crippen LogP contribution in [0.2, 0.25) is 0 Å². The Kier molecular flexibility index (Phi) is 5.98. The number of aromatic nitrogens is 1. The number of hydrogen-bond donors (Lipinski definition) is 0. The van der Waals surface area contributed by atoms with E-state index in [1.165, 1.54) is 12.1 Å². The van der Waals surface area contributed by atoms with Gasteiger partial charge in [0.15, 0.2) is 0 Å². The zero-order valence-electron chi connectivity index (χ0n) is 11.7. The number of nitrogens with zero attached hydrogens (tertiary/aromatic N) is 1. The van der Waals surface area contributed by atoms with Gasteiger partial charge in [-0.25, -0.2) is 4.39 Å². The number of benzene rings is 1. The van der Waals surface area contributed by atoms with E-state index in [0.29, 0.717) is 33.0 Å². The molecule has 0 spiro atoms. The van der Waals surface area contributed by atoms with Crippen LogP contribution in [0.25, 0.3) is 10.9 Å². The van der Waals surface area contributed by atoms with Crippen LogP contribution < -0.4 is 0 Å². The average molecular weight is 281 g/mol. The lowest BCUT2D eigenvalue weighted by molar-refractivity contribution is 0.0232. The molecule has 0 aliphatic rings. The van der Waals surface area contributed by atoms with E-state index >= 15 is 0 Å². The number of fused-ring (bicyclic) bond motifs is 1. The summed E-state index contributed by atoms with van der Waals surface area (Å²) in [6, 6.07) is 6.71. The van der Waals surface area contributed by atoms with E-state index in [0.717, 1.165) is 17.4 Å². The lowest BCUT2D eigenvalue weighted by Crippen LogP contribution is -2.11. The van der Waals surface area contributed by atoms with Crippen LogP contribution in [0, 0.1) is 5.82 Å². The molecular weight excluding hydrogens is 261 g/mol. The van der Waals surface area contributed by atoms with Crippen LogP contribution in [-0.4, -0.2) is 44.7 Å². The van der Waals surface area contributed by atoms with Crippen molar-refractivity contribution in [1.29, 1.82) is 0 Å². The van der Waals surface area contributed by atoms with Gasteiger partial charge >= 0.3 is 0 Å². The van der Waals surface area contributed by atoms with Crippen molar-refractivity contribution in [3.8, 4) is 0 Å². The van der Waals surface area contributed by atoms with Crippen molar-refractivity contribution in [2.45, 2.75) is 6.54 Å². The van der Waals surface area contributed by atoms with Crippen LogP contribution in [0.1, 0.15) is 0 Å². The number of methoxy groups -OCH3 is 1. The third-order valence-corrected chi connectivity index (χ3v) is 3.01. The first kappa shape index (κ1) is 15.0. The monoisotopic (exact) mass is 281 g/mol. The molecule has 1 aromatic carbocycles. The smallest absolute Gasteiger partial charge is 0.123 e. The standard InChI is InChI=1S/C15H20FNO3/c1-18-8-9-20-11-10-19-7-6-17-5-4-13-12-14(16)2-3-15(13)17/h2-5,12H,6-11H2,1H3. The Labute approximate surface area is 118 Å². The summed E-state index contributed by atoms with van der Waals surface area (Å²) in [4.78, 5) is 0. The highest BCUT2D eigenvalue weighted by Crippen LogP contribution is 2.16. The zero-order chi connectivity index (χ0) is 14.2. The van der Waals surface area contributed by atoms with Crippen molar-refractivity contribution in [3.63, 3.8) is 0 Å². The fourth-order valence-electron chi connectivity index (χ4n) is 1.99. The van der Waals surface area contributed by atoms with E-state index in [4.69, 9.17) is 14.2 Å². The van der Waals surface area contributed by atoms with Gasteiger partial charge < -0.3 is 18.8 Å². The molecule has 0 atom stereocenters. The second-order valence-electron chi connectivity index (χ2n) is 4.43. The highest BCUT2D eigenvalue weighted by molar-refractivity contribution is 5.80. The lowest BCUT2D eigenvalue weighted by atomic mass is 10.2. The molecule has 20 heavy (non-hydrogen) atoms. The first-order valence-electron chi connectivity index (χ1n) is 6.70. The zero-order valence-corrected chi connectivity index (χ0v) is 11.7. The Morgan fingerprint density at radius 1 is 1.00 bits per heavy atom. The van der Waals surface area contributed by atoms with Crippen molar-refractivity contribution < 1.29 is 18.6 Å². The molecule has 0 aliphatic carbocycles. The topological polar surface area (TPSA) is 32.6 Å². The summed E-state index contributed by atoms with van der Waals surface area (Å²) in [5, 5.41) is 0.910. The van der Waals surface area contributed by atoms with E-state index in [9.17, 15) is 4.39 Å². The second kappa shape index (κ2) is 7.99. The van der Waals surface area contributed by atoms with Gasteiger partial charge in [0.05, 0.1) is 33.0 Å². The Balaban J connectivity index is 1.68. The van der Waals surface area contributed by atoms with Crippen molar-refractivity contribution in [3.05, 3.63) is 36.3 Å². The molecule has 1 aromatic heterocycles. The Hall–Kier alpha value is -1.43. The maximum atomic E-state index is 13.1. The predicted molar refractivity (Wildman–Crippen MR) is 75.4 cm³/mol. The molecule has 0 saturated carbocycles. The van der Waals surface area contributed by atoms with Crippen molar-refractivity contribution >= 4 is 10.9 Å². The maximum absolute atomic E-state index is 13.1. The van der Waals surface area contributed by atoms with E-state index in [1.54, 1.807) is 13.2 Å². The minimum atomic E-state index is -0.209. The molecule has 1 heterocycles. The van der Waals surface area contributed by atoms with Gasteiger partial charge in [0, 0.05) is 30.8 Å². The maximum Gasteiger partial charge on any atom is 0.123 e. The number of hydrogen-bond acceptors (Lipinski definition) is 3. The van der Waals surface area contributed by atoms with Crippen molar-refractivity contribution in [2.24, 2.45) is 0 Å². The molecule has 0 amide bonds. The quantitative estimate of drug-likeness (QED) is 0.662. The molecule has 2 aromatic rings. The third-order valence-electron chi connectivity index (χ3n) is 3.01. The molecule has 2 rings (SSSR count). The fourth-order valence-corrected chi connectivity index (χ4v) is 1.99. The number of ether oxygens (including phenoxy) is 3. The molecule has 0 fully saturated rings. The van der Waals surface area contributed by atoms with Crippen LogP contribution in [0.3, 0.4) is 0 Å². The van der Waals surface area contributed by atoms with Gasteiger partial charge in [-0.2, -0.15) is 0 Å². The van der Waals surface area contributed by atoms with Crippen molar-refractivity contribution in [2.75, 3.05) is 40.1 Å². The summed E-state index contributed by atoms with van der Waals surface area (Å²) < 4.78 is 30.8. The van der Waals surface area contributed by atoms with Gasteiger partial charge in [-0.3, -0.25) is 0 Å². The molecule has 0 unspecified atom stereocenters. The SMILES string of the molecule is COCCOCCOCCn1ccc2cc(F)ccc21. The molecule has 0 bridgehead atoms. The largest absolute Gasteiger partial charge is 0.382 e. The molecule has 4 nitrogen and oxygen atoms in total. The summed E-state index contributed by atoms with van der Waals surface area (Å²) in [5.41, 5.74) is 1.02. The summed E-state index contributed by atoms with van der Waals surface area (Å²) in [7, 11) is 1.65. The van der Waals surface area contributed by atoms with Crippen LogP contribution >= 0.6 is 0 Å². The third kappa shape index (κ3) is 4.30. The van der Waals surface area contributed by atoms with Crippen LogP contribution in [-0.2, 0) is 20.8 Å².